The van der Waals surface area contributed by atoms with Crippen LogP contribution in [0.2, 0.25) is 0 Å². The predicted octanol–water partition coefficient (Wildman–Crippen LogP) is 2.44. The van der Waals surface area contributed by atoms with E-state index < -0.39 is 59.2 Å². The van der Waals surface area contributed by atoms with Crippen molar-refractivity contribution in [2.75, 3.05) is 0 Å². The van der Waals surface area contributed by atoms with Crippen LogP contribution in [-0.2, 0) is 41.7 Å². The summed E-state index contributed by atoms with van der Waals surface area (Å²) in [5, 5.41) is 2.48. The molecule has 0 radical (unpaired) electrons. The van der Waals surface area contributed by atoms with Crippen molar-refractivity contribution in [2.45, 2.75) is 77.3 Å². The summed E-state index contributed by atoms with van der Waals surface area (Å²) in [6.45, 7) is 8.07. The number of nitrogens with two attached hydrogens (primary N) is 2. The van der Waals surface area contributed by atoms with E-state index in [1.165, 1.54) is 0 Å². The van der Waals surface area contributed by atoms with Crippen LogP contribution in [0.1, 0.15) is 52.2 Å². The van der Waals surface area contributed by atoms with Crippen LogP contribution < -0.4 is 16.8 Å². The van der Waals surface area contributed by atoms with E-state index in [0.29, 0.717) is 0 Å². The number of ether oxygens (including phenoxy) is 2. The van der Waals surface area contributed by atoms with Crippen LogP contribution in [0.3, 0.4) is 0 Å². The summed E-state index contributed by atoms with van der Waals surface area (Å²) in [4.78, 5) is 52.4. The van der Waals surface area contributed by atoms with Crippen molar-refractivity contribution in [2.24, 2.45) is 17.4 Å². The standard InChI is InChI=1S/C29H39N3O6/c1-19(2)29(31,27(36)38-28(3,4)5)26(35)32-23(25(34)37-18-21-14-10-7-11-15-21)17-24(33)22(30)16-20-12-8-6-9-13-20/h6-15,19,22-23H,16-18,30-31H2,1-5H3,(H,32,35)/t22-,23-,29-/m0/s1. The summed E-state index contributed by atoms with van der Waals surface area (Å²) in [7, 11) is 0. The number of Topliss-reactive ketones (excluding diaryl/α,β-unsaturated/α-hetero) is 1. The summed E-state index contributed by atoms with van der Waals surface area (Å²) >= 11 is 0. The zero-order chi connectivity index (χ0) is 28.5. The van der Waals surface area contributed by atoms with Crippen molar-refractivity contribution >= 4 is 23.6 Å². The van der Waals surface area contributed by atoms with Crippen LogP contribution in [-0.4, -0.2) is 46.9 Å². The normalized spacial score (nSPS) is 14.6. The third-order valence-electron chi connectivity index (χ3n) is 5.95. The van der Waals surface area contributed by atoms with Crippen molar-refractivity contribution in [3.8, 4) is 0 Å². The first-order valence-corrected chi connectivity index (χ1v) is 12.6. The van der Waals surface area contributed by atoms with Gasteiger partial charge in [-0.25, -0.2) is 9.59 Å². The van der Waals surface area contributed by atoms with Crippen molar-refractivity contribution in [3.05, 3.63) is 71.8 Å². The number of carbonyl (C=O) groups is 4. The minimum absolute atomic E-state index is 0.0691. The van der Waals surface area contributed by atoms with Gasteiger partial charge in [0.1, 0.15) is 18.2 Å². The van der Waals surface area contributed by atoms with Gasteiger partial charge in [0.2, 0.25) is 0 Å². The lowest BCUT2D eigenvalue weighted by atomic mass is 9.85. The molecule has 0 unspecified atom stereocenters. The Morgan fingerprint density at radius 3 is 1.92 bits per heavy atom. The highest BCUT2D eigenvalue weighted by atomic mass is 16.6. The van der Waals surface area contributed by atoms with E-state index in [2.05, 4.69) is 5.32 Å². The molecule has 0 saturated heterocycles. The topological polar surface area (TPSA) is 151 Å². The smallest absolute Gasteiger partial charge is 0.336 e. The highest BCUT2D eigenvalue weighted by Gasteiger charge is 2.49. The Kier molecular flexibility index (Phi) is 10.7. The average Bonchev–Trinajstić information content (AvgIpc) is 2.86. The number of carbonyl (C=O) groups excluding carboxylic acids is 4. The SMILES string of the molecule is CC(C)[C@](N)(C(=O)N[C@@H](CC(=O)[C@@H](N)Cc1ccccc1)C(=O)OCc1ccccc1)C(=O)OC(C)(C)C. The molecule has 0 aliphatic carbocycles. The number of esters is 2. The van der Waals surface area contributed by atoms with E-state index in [1.807, 2.05) is 36.4 Å². The highest BCUT2D eigenvalue weighted by Crippen LogP contribution is 2.21. The van der Waals surface area contributed by atoms with Gasteiger partial charge in [0.25, 0.3) is 5.91 Å². The largest absolute Gasteiger partial charge is 0.459 e. The third-order valence-corrected chi connectivity index (χ3v) is 5.95. The Morgan fingerprint density at radius 2 is 1.42 bits per heavy atom. The third kappa shape index (κ3) is 8.78. The highest BCUT2D eigenvalue weighted by molar-refractivity contribution is 6.08. The zero-order valence-corrected chi connectivity index (χ0v) is 22.7. The molecular weight excluding hydrogens is 486 g/mol. The second kappa shape index (κ2) is 13.3. The number of nitrogens with one attached hydrogen (secondary N) is 1. The zero-order valence-electron chi connectivity index (χ0n) is 22.7. The van der Waals surface area contributed by atoms with Crippen LogP contribution in [0.5, 0.6) is 0 Å². The van der Waals surface area contributed by atoms with E-state index in [1.54, 1.807) is 58.9 Å². The molecule has 0 spiro atoms. The maximum absolute atomic E-state index is 13.4. The summed E-state index contributed by atoms with van der Waals surface area (Å²) in [6.07, 6.45) is -0.181. The fourth-order valence-corrected chi connectivity index (χ4v) is 3.59. The molecule has 1 amide bonds. The van der Waals surface area contributed by atoms with Crippen LogP contribution in [0.4, 0.5) is 0 Å². The molecule has 2 rings (SSSR count). The molecule has 3 atom stereocenters. The number of hydrogen-bond acceptors (Lipinski definition) is 8. The first-order valence-electron chi connectivity index (χ1n) is 12.6. The number of benzene rings is 2. The monoisotopic (exact) mass is 525 g/mol. The molecule has 206 valence electrons. The van der Waals surface area contributed by atoms with E-state index in [-0.39, 0.29) is 13.0 Å². The van der Waals surface area contributed by atoms with E-state index >= 15 is 0 Å². The van der Waals surface area contributed by atoms with Crippen molar-refractivity contribution in [1.29, 1.82) is 0 Å². The number of amides is 1. The van der Waals surface area contributed by atoms with Gasteiger partial charge in [-0.1, -0.05) is 74.5 Å². The molecule has 5 N–H and O–H groups in total. The molecule has 0 aliphatic heterocycles. The number of ketones is 1. The fourth-order valence-electron chi connectivity index (χ4n) is 3.59. The number of hydrogen-bond donors (Lipinski definition) is 3. The van der Waals surface area contributed by atoms with Crippen molar-refractivity contribution in [1.82, 2.24) is 5.32 Å². The van der Waals surface area contributed by atoms with Crippen molar-refractivity contribution in [3.63, 3.8) is 0 Å². The van der Waals surface area contributed by atoms with Crippen LogP contribution in [0.15, 0.2) is 60.7 Å². The number of rotatable bonds is 12. The van der Waals surface area contributed by atoms with Gasteiger partial charge in [-0.3, -0.25) is 9.59 Å². The van der Waals surface area contributed by atoms with Crippen LogP contribution in [0, 0.1) is 5.92 Å². The van der Waals surface area contributed by atoms with Gasteiger partial charge in [-0.15, -0.1) is 0 Å². The Hall–Kier alpha value is -3.56. The lowest BCUT2D eigenvalue weighted by molar-refractivity contribution is -0.167. The van der Waals surface area contributed by atoms with Gasteiger partial charge in [0, 0.05) is 6.42 Å². The molecule has 9 heteroatoms. The summed E-state index contributed by atoms with van der Waals surface area (Å²) in [5.74, 6) is -3.89. The van der Waals surface area contributed by atoms with E-state index in [9.17, 15) is 19.2 Å². The molecule has 0 saturated carbocycles. The molecule has 2 aromatic carbocycles. The molecular formula is C29H39N3O6. The first kappa shape index (κ1) is 30.7. The van der Waals surface area contributed by atoms with Gasteiger partial charge in [-0.05, 0) is 44.2 Å². The maximum Gasteiger partial charge on any atom is 0.336 e. The lowest BCUT2D eigenvalue weighted by Crippen LogP contribution is -2.66. The molecule has 38 heavy (non-hydrogen) atoms. The Balaban J connectivity index is 2.25. The predicted molar refractivity (Wildman–Crippen MR) is 144 cm³/mol. The van der Waals surface area contributed by atoms with Gasteiger partial charge < -0.3 is 26.3 Å². The Morgan fingerprint density at radius 1 is 0.895 bits per heavy atom. The molecule has 0 bridgehead atoms. The fraction of sp³-hybridized carbons (Fsp3) is 0.448. The van der Waals surface area contributed by atoms with E-state index in [4.69, 9.17) is 20.9 Å². The molecule has 0 fully saturated rings. The molecule has 0 heterocycles. The molecule has 2 aromatic rings. The molecule has 0 aliphatic rings. The Labute approximate surface area is 224 Å². The lowest BCUT2D eigenvalue weighted by Gasteiger charge is -2.34. The van der Waals surface area contributed by atoms with Gasteiger partial charge in [0.15, 0.2) is 11.3 Å². The minimum Gasteiger partial charge on any atom is -0.459 e. The Bertz CT molecular complexity index is 1100. The first-order chi connectivity index (χ1) is 17.7. The van der Waals surface area contributed by atoms with Gasteiger partial charge in [0.05, 0.1) is 6.04 Å². The summed E-state index contributed by atoms with van der Waals surface area (Å²) in [6, 6.07) is 15.8. The second-order valence-corrected chi connectivity index (χ2v) is 10.6. The summed E-state index contributed by atoms with van der Waals surface area (Å²) < 4.78 is 10.8. The van der Waals surface area contributed by atoms with Gasteiger partial charge >= 0.3 is 11.9 Å². The van der Waals surface area contributed by atoms with E-state index in [0.717, 1.165) is 11.1 Å². The minimum atomic E-state index is -2.11. The van der Waals surface area contributed by atoms with Gasteiger partial charge in [-0.2, -0.15) is 0 Å². The van der Waals surface area contributed by atoms with Crippen LogP contribution in [0.25, 0.3) is 0 Å². The van der Waals surface area contributed by atoms with Crippen molar-refractivity contribution < 1.29 is 28.7 Å². The summed E-state index contributed by atoms with van der Waals surface area (Å²) in [5.41, 5.74) is 11.0. The molecule has 0 aromatic heterocycles. The second-order valence-electron chi connectivity index (χ2n) is 10.6. The maximum atomic E-state index is 13.4. The average molecular weight is 526 g/mol. The molecule has 9 nitrogen and oxygen atoms in total. The van der Waals surface area contributed by atoms with Crippen LogP contribution >= 0.6 is 0 Å². The quantitative estimate of drug-likeness (QED) is 0.282.